The van der Waals surface area contributed by atoms with Gasteiger partial charge in [-0.2, -0.15) is 5.10 Å². The summed E-state index contributed by atoms with van der Waals surface area (Å²) in [6, 6.07) is 9.50. The summed E-state index contributed by atoms with van der Waals surface area (Å²) in [7, 11) is 0. The number of carbonyl (C=O) groups excluding carboxylic acids is 1. The van der Waals surface area contributed by atoms with Crippen molar-refractivity contribution in [2.24, 2.45) is 0 Å². The molecule has 16 heavy (non-hydrogen) atoms. The van der Waals surface area contributed by atoms with Crippen LogP contribution < -0.4 is 5.32 Å². The number of rotatable bonds is 2. The third-order valence-corrected chi connectivity index (χ3v) is 2.15. The monoisotopic (exact) mass is 215 g/mol. The molecule has 0 saturated carbocycles. The van der Waals surface area contributed by atoms with Gasteiger partial charge >= 0.3 is 0 Å². The zero-order chi connectivity index (χ0) is 11.5. The molecule has 0 atom stereocenters. The molecule has 2 rings (SSSR count). The van der Waals surface area contributed by atoms with Gasteiger partial charge in [-0.15, -0.1) is 0 Å². The Kier molecular flexibility index (Phi) is 2.72. The number of benzene rings is 1. The molecule has 1 aromatic carbocycles. The Hall–Kier alpha value is -2.10. The van der Waals surface area contributed by atoms with E-state index >= 15 is 0 Å². The van der Waals surface area contributed by atoms with E-state index in [1.54, 1.807) is 4.68 Å². The zero-order valence-electron chi connectivity index (χ0n) is 9.27. The van der Waals surface area contributed by atoms with Crippen molar-refractivity contribution in [3.63, 3.8) is 0 Å². The van der Waals surface area contributed by atoms with E-state index in [2.05, 4.69) is 10.4 Å². The van der Waals surface area contributed by atoms with Crippen LogP contribution in [-0.4, -0.2) is 15.7 Å². The summed E-state index contributed by atoms with van der Waals surface area (Å²) in [5.74, 6) is -0.0752. The van der Waals surface area contributed by atoms with Gasteiger partial charge in [-0.1, -0.05) is 6.07 Å². The van der Waals surface area contributed by atoms with Crippen molar-refractivity contribution in [3.05, 3.63) is 42.2 Å². The number of hydrogen-bond acceptors (Lipinski definition) is 2. The topological polar surface area (TPSA) is 46.9 Å². The molecule has 1 N–H and O–H groups in total. The maximum Gasteiger partial charge on any atom is 0.221 e. The summed E-state index contributed by atoms with van der Waals surface area (Å²) in [5, 5.41) is 7.05. The van der Waals surface area contributed by atoms with Crippen LogP contribution in [0.5, 0.6) is 0 Å². The highest BCUT2D eigenvalue weighted by molar-refractivity contribution is 5.88. The fraction of sp³-hybridized carbons (Fsp3) is 0.167. The smallest absolute Gasteiger partial charge is 0.221 e. The van der Waals surface area contributed by atoms with Crippen molar-refractivity contribution in [1.82, 2.24) is 9.78 Å². The first kappa shape index (κ1) is 10.4. The average molecular weight is 215 g/mol. The van der Waals surface area contributed by atoms with E-state index in [-0.39, 0.29) is 5.91 Å². The fourth-order valence-corrected chi connectivity index (χ4v) is 1.49. The number of nitrogens with one attached hydrogen (secondary N) is 1. The van der Waals surface area contributed by atoms with Crippen molar-refractivity contribution >= 4 is 11.6 Å². The van der Waals surface area contributed by atoms with Gasteiger partial charge < -0.3 is 5.32 Å². The normalized spacial score (nSPS) is 10.1. The van der Waals surface area contributed by atoms with Crippen LogP contribution in [0.25, 0.3) is 5.69 Å². The Labute approximate surface area is 93.9 Å². The summed E-state index contributed by atoms with van der Waals surface area (Å²) in [4.78, 5) is 10.9. The molecule has 1 amide bonds. The van der Waals surface area contributed by atoms with Crippen LogP contribution >= 0.6 is 0 Å². The summed E-state index contributed by atoms with van der Waals surface area (Å²) in [5.41, 5.74) is 2.67. The standard InChI is InChI=1S/C12H13N3O/c1-9-6-7-15(14-9)12-5-3-4-11(8-12)13-10(2)16/h3-8H,1-2H3,(H,13,16). The summed E-state index contributed by atoms with van der Waals surface area (Å²) in [6.45, 7) is 3.43. The largest absolute Gasteiger partial charge is 0.326 e. The van der Waals surface area contributed by atoms with Crippen LogP contribution in [0.2, 0.25) is 0 Å². The molecule has 82 valence electrons. The second-order valence-corrected chi connectivity index (χ2v) is 3.63. The van der Waals surface area contributed by atoms with Gasteiger partial charge in [-0.05, 0) is 31.2 Å². The highest BCUT2D eigenvalue weighted by Gasteiger charge is 2.00. The fourth-order valence-electron chi connectivity index (χ4n) is 1.49. The second-order valence-electron chi connectivity index (χ2n) is 3.63. The molecule has 0 aliphatic heterocycles. The minimum atomic E-state index is -0.0752. The van der Waals surface area contributed by atoms with E-state index in [1.807, 2.05) is 43.5 Å². The molecule has 2 aromatic rings. The number of aryl methyl sites for hydroxylation is 1. The zero-order valence-corrected chi connectivity index (χ0v) is 9.27. The highest BCUT2D eigenvalue weighted by atomic mass is 16.1. The minimum Gasteiger partial charge on any atom is -0.326 e. The Bertz CT molecular complexity index is 516. The lowest BCUT2D eigenvalue weighted by molar-refractivity contribution is -0.114. The van der Waals surface area contributed by atoms with Gasteiger partial charge in [-0.25, -0.2) is 4.68 Å². The van der Waals surface area contributed by atoms with Crippen molar-refractivity contribution in [2.75, 3.05) is 5.32 Å². The van der Waals surface area contributed by atoms with Crippen molar-refractivity contribution in [2.45, 2.75) is 13.8 Å². The van der Waals surface area contributed by atoms with Gasteiger partial charge in [-0.3, -0.25) is 4.79 Å². The Morgan fingerprint density at radius 3 is 2.81 bits per heavy atom. The third-order valence-electron chi connectivity index (χ3n) is 2.15. The molecule has 4 heteroatoms. The SMILES string of the molecule is CC(=O)Nc1cccc(-n2ccc(C)n2)c1. The Balaban J connectivity index is 2.32. The molecule has 0 radical (unpaired) electrons. The first-order valence-corrected chi connectivity index (χ1v) is 5.05. The van der Waals surface area contributed by atoms with Crippen LogP contribution in [-0.2, 0) is 4.79 Å². The van der Waals surface area contributed by atoms with Gasteiger partial charge in [0.25, 0.3) is 0 Å². The molecule has 0 aliphatic rings. The van der Waals surface area contributed by atoms with Gasteiger partial charge in [0.2, 0.25) is 5.91 Å². The number of nitrogens with zero attached hydrogens (tertiary/aromatic N) is 2. The first-order valence-electron chi connectivity index (χ1n) is 5.05. The number of amides is 1. The number of hydrogen-bond donors (Lipinski definition) is 1. The number of anilines is 1. The van der Waals surface area contributed by atoms with Gasteiger partial charge in [0.05, 0.1) is 11.4 Å². The van der Waals surface area contributed by atoms with Crippen molar-refractivity contribution in [3.8, 4) is 5.69 Å². The molecule has 1 heterocycles. The third kappa shape index (κ3) is 2.28. The molecular formula is C12H13N3O. The van der Waals surface area contributed by atoms with E-state index < -0.39 is 0 Å². The Morgan fingerprint density at radius 1 is 1.38 bits per heavy atom. The molecule has 0 spiro atoms. The average Bonchev–Trinajstić information content (AvgIpc) is 2.64. The van der Waals surface area contributed by atoms with Crippen molar-refractivity contribution in [1.29, 1.82) is 0 Å². The van der Waals surface area contributed by atoms with E-state index in [0.717, 1.165) is 17.1 Å². The van der Waals surface area contributed by atoms with E-state index in [4.69, 9.17) is 0 Å². The first-order chi connectivity index (χ1) is 7.65. The van der Waals surface area contributed by atoms with E-state index in [1.165, 1.54) is 6.92 Å². The predicted molar refractivity (Wildman–Crippen MR) is 62.6 cm³/mol. The Morgan fingerprint density at radius 2 is 2.19 bits per heavy atom. The summed E-state index contributed by atoms with van der Waals surface area (Å²) < 4.78 is 1.78. The lowest BCUT2D eigenvalue weighted by Crippen LogP contribution is -2.06. The van der Waals surface area contributed by atoms with Crippen LogP contribution in [0.15, 0.2) is 36.5 Å². The molecule has 4 nitrogen and oxygen atoms in total. The van der Waals surface area contributed by atoms with Crippen LogP contribution in [0, 0.1) is 6.92 Å². The van der Waals surface area contributed by atoms with Crippen molar-refractivity contribution < 1.29 is 4.79 Å². The summed E-state index contributed by atoms with van der Waals surface area (Å²) >= 11 is 0. The molecular weight excluding hydrogens is 202 g/mol. The van der Waals surface area contributed by atoms with Gasteiger partial charge in [0.1, 0.15) is 0 Å². The summed E-state index contributed by atoms with van der Waals surface area (Å²) in [6.07, 6.45) is 1.89. The number of aromatic nitrogens is 2. The van der Waals surface area contributed by atoms with Gasteiger partial charge in [0.15, 0.2) is 0 Å². The second kappa shape index (κ2) is 4.18. The predicted octanol–water partition coefficient (Wildman–Crippen LogP) is 2.14. The van der Waals surface area contributed by atoms with Crippen LogP contribution in [0.4, 0.5) is 5.69 Å². The molecule has 0 bridgehead atoms. The highest BCUT2D eigenvalue weighted by Crippen LogP contribution is 2.14. The minimum absolute atomic E-state index is 0.0752. The molecule has 1 aromatic heterocycles. The molecule has 0 saturated heterocycles. The molecule has 0 fully saturated rings. The van der Waals surface area contributed by atoms with Crippen LogP contribution in [0.1, 0.15) is 12.6 Å². The maximum atomic E-state index is 10.9. The van der Waals surface area contributed by atoms with E-state index in [0.29, 0.717) is 0 Å². The van der Waals surface area contributed by atoms with Crippen LogP contribution in [0.3, 0.4) is 0 Å². The lowest BCUT2D eigenvalue weighted by atomic mass is 10.3. The van der Waals surface area contributed by atoms with E-state index in [9.17, 15) is 4.79 Å². The van der Waals surface area contributed by atoms with Gasteiger partial charge in [0, 0.05) is 18.8 Å². The molecule has 0 unspecified atom stereocenters. The maximum absolute atomic E-state index is 10.9. The number of carbonyl (C=O) groups is 1. The molecule has 0 aliphatic carbocycles. The lowest BCUT2D eigenvalue weighted by Gasteiger charge is -2.05. The quantitative estimate of drug-likeness (QED) is 0.834.